The van der Waals surface area contributed by atoms with E-state index in [4.69, 9.17) is 17.3 Å². The monoisotopic (exact) mass is 226 g/mol. The van der Waals surface area contributed by atoms with E-state index in [9.17, 15) is 0 Å². The molecule has 0 aliphatic rings. The highest BCUT2D eigenvalue weighted by Crippen LogP contribution is 2.14. The van der Waals surface area contributed by atoms with Crippen molar-refractivity contribution in [3.05, 3.63) is 29.3 Å². The van der Waals surface area contributed by atoms with Crippen molar-refractivity contribution in [3.63, 3.8) is 0 Å². The van der Waals surface area contributed by atoms with Gasteiger partial charge in [0.05, 0.1) is 0 Å². The van der Waals surface area contributed by atoms with Gasteiger partial charge in [0.2, 0.25) is 0 Å². The van der Waals surface area contributed by atoms with Crippen LogP contribution in [0.15, 0.2) is 24.3 Å². The van der Waals surface area contributed by atoms with Gasteiger partial charge in [-0.1, -0.05) is 31.9 Å². The third-order valence-electron chi connectivity index (χ3n) is 2.76. The summed E-state index contributed by atoms with van der Waals surface area (Å²) < 4.78 is 0. The van der Waals surface area contributed by atoms with E-state index in [2.05, 4.69) is 19.2 Å². The molecule has 15 heavy (non-hydrogen) atoms. The molecule has 0 bridgehead atoms. The van der Waals surface area contributed by atoms with Gasteiger partial charge in [0.15, 0.2) is 0 Å². The number of hydrogen-bond donors (Lipinski definition) is 2. The second-order valence-corrected chi connectivity index (χ2v) is 4.37. The SMILES string of the molecule is CCC(C)C(N)CNc1ccc(Cl)cc1. The summed E-state index contributed by atoms with van der Waals surface area (Å²) in [7, 11) is 0. The van der Waals surface area contributed by atoms with Crippen LogP contribution in [0.2, 0.25) is 5.02 Å². The highest BCUT2D eigenvalue weighted by molar-refractivity contribution is 6.30. The van der Waals surface area contributed by atoms with E-state index in [0.717, 1.165) is 23.7 Å². The summed E-state index contributed by atoms with van der Waals surface area (Å²) in [6.45, 7) is 5.14. The smallest absolute Gasteiger partial charge is 0.0407 e. The van der Waals surface area contributed by atoms with E-state index in [1.807, 2.05) is 24.3 Å². The van der Waals surface area contributed by atoms with Crippen LogP contribution >= 0.6 is 11.6 Å². The van der Waals surface area contributed by atoms with Gasteiger partial charge in [0, 0.05) is 23.3 Å². The van der Waals surface area contributed by atoms with Crippen molar-refractivity contribution in [2.24, 2.45) is 11.7 Å². The van der Waals surface area contributed by atoms with Gasteiger partial charge in [-0.25, -0.2) is 0 Å². The van der Waals surface area contributed by atoms with E-state index in [-0.39, 0.29) is 6.04 Å². The minimum absolute atomic E-state index is 0.200. The average molecular weight is 227 g/mol. The highest BCUT2D eigenvalue weighted by Gasteiger charge is 2.09. The lowest BCUT2D eigenvalue weighted by Crippen LogP contribution is -2.35. The van der Waals surface area contributed by atoms with Crippen LogP contribution in [0, 0.1) is 5.92 Å². The van der Waals surface area contributed by atoms with Crippen molar-refractivity contribution in [3.8, 4) is 0 Å². The van der Waals surface area contributed by atoms with Crippen LogP contribution in [-0.4, -0.2) is 12.6 Å². The van der Waals surface area contributed by atoms with Gasteiger partial charge in [-0.2, -0.15) is 0 Å². The molecule has 0 saturated carbocycles. The summed E-state index contributed by atoms with van der Waals surface area (Å²) in [5, 5.41) is 4.06. The summed E-state index contributed by atoms with van der Waals surface area (Å²) in [5.74, 6) is 0.546. The largest absolute Gasteiger partial charge is 0.383 e. The number of halogens is 1. The molecule has 0 spiro atoms. The number of nitrogens with one attached hydrogen (secondary N) is 1. The minimum atomic E-state index is 0.200. The fourth-order valence-electron chi connectivity index (χ4n) is 1.31. The average Bonchev–Trinajstić information content (AvgIpc) is 2.26. The summed E-state index contributed by atoms with van der Waals surface area (Å²) in [5.41, 5.74) is 7.08. The van der Waals surface area contributed by atoms with Crippen LogP contribution < -0.4 is 11.1 Å². The molecule has 0 fully saturated rings. The fourth-order valence-corrected chi connectivity index (χ4v) is 1.43. The Kier molecular flexibility index (Phi) is 4.92. The molecule has 0 saturated heterocycles. The first kappa shape index (κ1) is 12.3. The first-order chi connectivity index (χ1) is 7.13. The van der Waals surface area contributed by atoms with Crippen LogP contribution in [0.25, 0.3) is 0 Å². The molecule has 2 nitrogen and oxygen atoms in total. The normalized spacial score (nSPS) is 14.7. The first-order valence-electron chi connectivity index (χ1n) is 5.38. The number of rotatable bonds is 5. The Labute approximate surface area is 96.8 Å². The zero-order valence-corrected chi connectivity index (χ0v) is 10.1. The van der Waals surface area contributed by atoms with Crippen molar-refractivity contribution in [1.82, 2.24) is 0 Å². The number of benzene rings is 1. The molecule has 0 amide bonds. The maximum absolute atomic E-state index is 6.02. The maximum atomic E-state index is 6.02. The molecule has 0 aliphatic carbocycles. The van der Waals surface area contributed by atoms with Gasteiger partial charge >= 0.3 is 0 Å². The van der Waals surface area contributed by atoms with Gasteiger partial charge in [-0.15, -0.1) is 0 Å². The highest BCUT2D eigenvalue weighted by atomic mass is 35.5. The molecule has 1 aromatic carbocycles. The van der Waals surface area contributed by atoms with Gasteiger partial charge in [0.25, 0.3) is 0 Å². The second-order valence-electron chi connectivity index (χ2n) is 3.94. The topological polar surface area (TPSA) is 38.0 Å². The van der Waals surface area contributed by atoms with Crippen molar-refractivity contribution < 1.29 is 0 Å². The van der Waals surface area contributed by atoms with E-state index in [1.54, 1.807) is 0 Å². The van der Waals surface area contributed by atoms with Crippen LogP contribution in [0.4, 0.5) is 5.69 Å². The summed E-state index contributed by atoms with van der Waals surface area (Å²) >= 11 is 5.79. The maximum Gasteiger partial charge on any atom is 0.0407 e. The second kappa shape index (κ2) is 5.99. The predicted molar refractivity (Wildman–Crippen MR) is 67.4 cm³/mol. The third-order valence-corrected chi connectivity index (χ3v) is 3.01. The number of anilines is 1. The Morgan fingerprint density at radius 2 is 1.93 bits per heavy atom. The lowest BCUT2D eigenvalue weighted by atomic mass is 10.0. The van der Waals surface area contributed by atoms with Crippen LogP contribution in [0.5, 0.6) is 0 Å². The first-order valence-corrected chi connectivity index (χ1v) is 5.76. The molecule has 2 unspecified atom stereocenters. The summed E-state index contributed by atoms with van der Waals surface area (Å²) in [6.07, 6.45) is 1.11. The minimum Gasteiger partial charge on any atom is -0.383 e. The fraction of sp³-hybridized carbons (Fsp3) is 0.500. The van der Waals surface area contributed by atoms with Crippen LogP contribution in [0.3, 0.4) is 0 Å². The predicted octanol–water partition coefficient (Wildman–Crippen LogP) is 3.13. The van der Waals surface area contributed by atoms with Gasteiger partial charge < -0.3 is 11.1 Å². The quantitative estimate of drug-likeness (QED) is 0.810. The van der Waals surface area contributed by atoms with E-state index >= 15 is 0 Å². The molecule has 3 N–H and O–H groups in total. The van der Waals surface area contributed by atoms with Crippen molar-refractivity contribution in [2.45, 2.75) is 26.3 Å². The Morgan fingerprint density at radius 1 is 1.33 bits per heavy atom. The molecular formula is C12H19ClN2. The Balaban J connectivity index is 2.40. The summed E-state index contributed by atoms with van der Waals surface area (Å²) in [6, 6.07) is 7.87. The molecule has 0 aromatic heterocycles. The molecule has 3 heteroatoms. The van der Waals surface area contributed by atoms with E-state index < -0.39 is 0 Å². The summed E-state index contributed by atoms with van der Waals surface area (Å²) in [4.78, 5) is 0. The van der Waals surface area contributed by atoms with Gasteiger partial charge in [0.1, 0.15) is 0 Å². The van der Waals surface area contributed by atoms with Crippen molar-refractivity contribution >= 4 is 17.3 Å². The Bertz CT molecular complexity index is 284. The molecular weight excluding hydrogens is 208 g/mol. The lowest BCUT2D eigenvalue weighted by molar-refractivity contribution is 0.457. The van der Waals surface area contributed by atoms with E-state index in [0.29, 0.717) is 5.92 Å². The number of nitrogens with two attached hydrogens (primary N) is 1. The molecule has 0 radical (unpaired) electrons. The van der Waals surface area contributed by atoms with Gasteiger partial charge in [-0.3, -0.25) is 0 Å². The van der Waals surface area contributed by atoms with Crippen LogP contribution in [0.1, 0.15) is 20.3 Å². The zero-order chi connectivity index (χ0) is 11.3. The van der Waals surface area contributed by atoms with E-state index in [1.165, 1.54) is 0 Å². The third kappa shape index (κ3) is 4.10. The van der Waals surface area contributed by atoms with Crippen molar-refractivity contribution in [2.75, 3.05) is 11.9 Å². The Hall–Kier alpha value is -0.730. The zero-order valence-electron chi connectivity index (χ0n) is 9.33. The molecule has 0 aliphatic heterocycles. The molecule has 0 heterocycles. The molecule has 84 valence electrons. The molecule has 1 rings (SSSR count). The molecule has 2 atom stereocenters. The van der Waals surface area contributed by atoms with Crippen LogP contribution in [-0.2, 0) is 0 Å². The van der Waals surface area contributed by atoms with Gasteiger partial charge in [-0.05, 0) is 30.2 Å². The standard InChI is InChI=1S/C12H19ClN2/c1-3-9(2)12(14)8-15-11-6-4-10(13)5-7-11/h4-7,9,12,15H,3,8,14H2,1-2H3. The molecule has 1 aromatic rings. The Morgan fingerprint density at radius 3 is 2.47 bits per heavy atom. The number of hydrogen-bond acceptors (Lipinski definition) is 2. The van der Waals surface area contributed by atoms with Crippen molar-refractivity contribution in [1.29, 1.82) is 0 Å². The lowest BCUT2D eigenvalue weighted by Gasteiger charge is -2.19.